The molecule has 1 aromatic heterocycles. The lowest BCUT2D eigenvalue weighted by molar-refractivity contribution is 0.0319. The number of Topliss-reactive ketones (excluding diaryl/α,β-unsaturated/α-hetero) is 1. The third-order valence-electron chi connectivity index (χ3n) is 4.30. The fraction of sp³-hybridized carbons (Fsp3) is 0.238. The molecule has 1 heterocycles. The molecule has 26 heavy (non-hydrogen) atoms. The van der Waals surface area contributed by atoms with E-state index >= 15 is 0 Å². The van der Waals surface area contributed by atoms with Gasteiger partial charge in [0.05, 0.1) is 28.0 Å². The Morgan fingerprint density at radius 1 is 0.846 bits per heavy atom. The highest BCUT2D eigenvalue weighted by atomic mass is 16.5. The molecule has 0 fully saturated rings. The standard InChI is InChI=1S/C21H20N2O3/c1-12-5-7-16(8-6-12)20(24)15(4)26-21(25)17-9-10-18-19(11-17)23-14(3)13(2)22-18/h5-11,15H,1-4H3/t15-/m0/s1. The number of nitrogens with zero attached hydrogens (tertiary/aromatic N) is 2. The van der Waals surface area contributed by atoms with Gasteiger partial charge in [-0.1, -0.05) is 29.8 Å². The van der Waals surface area contributed by atoms with Crippen LogP contribution in [-0.4, -0.2) is 27.8 Å². The Hall–Kier alpha value is -3.08. The first-order valence-corrected chi connectivity index (χ1v) is 8.42. The Morgan fingerprint density at radius 3 is 2.08 bits per heavy atom. The summed E-state index contributed by atoms with van der Waals surface area (Å²) < 4.78 is 5.35. The summed E-state index contributed by atoms with van der Waals surface area (Å²) in [4.78, 5) is 33.7. The van der Waals surface area contributed by atoms with E-state index in [1.165, 1.54) is 0 Å². The van der Waals surface area contributed by atoms with Crippen molar-refractivity contribution < 1.29 is 14.3 Å². The number of aromatic nitrogens is 2. The molecule has 132 valence electrons. The molecule has 0 aliphatic rings. The van der Waals surface area contributed by atoms with Gasteiger partial charge in [0.2, 0.25) is 5.78 Å². The highest BCUT2D eigenvalue weighted by molar-refractivity contribution is 6.01. The lowest BCUT2D eigenvalue weighted by Gasteiger charge is -2.13. The van der Waals surface area contributed by atoms with Gasteiger partial charge in [-0.2, -0.15) is 0 Å². The van der Waals surface area contributed by atoms with Crippen LogP contribution < -0.4 is 0 Å². The highest BCUT2D eigenvalue weighted by Crippen LogP contribution is 2.16. The Kier molecular flexibility index (Phi) is 4.80. The number of ether oxygens (including phenoxy) is 1. The van der Waals surface area contributed by atoms with E-state index in [2.05, 4.69) is 9.97 Å². The molecular formula is C21H20N2O3. The second-order valence-electron chi connectivity index (χ2n) is 6.38. The van der Waals surface area contributed by atoms with Gasteiger partial charge < -0.3 is 4.74 Å². The Morgan fingerprint density at radius 2 is 1.42 bits per heavy atom. The number of hydrogen-bond acceptors (Lipinski definition) is 5. The summed E-state index contributed by atoms with van der Waals surface area (Å²) in [5.74, 6) is -0.787. The summed E-state index contributed by atoms with van der Waals surface area (Å²) in [6, 6.07) is 12.2. The van der Waals surface area contributed by atoms with Crippen LogP contribution in [-0.2, 0) is 4.74 Å². The predicted molar refractivity (Wildman–Crippen MR) is 99.4 cm³/mol. The van der Waals surface area contributed by atoms with Crippen molar-refractivity contribution in [2.45, 2.75) is 33.8 Å². The number of benzene rings is 2. The maximum absolute atomic E-state index is 12.4. The molecule has 0 aliphatic heterocycles. The quantitative estimate of drug-likeness (QED) is 0.527. The van der Waals surface area contributed by atoms with E-state index in [4.69, 9.17) is 4.74 Å². The summed E-state index contributed by atoms with van der Waals surface area (Å²) in [5.41, 5.74) is 4.93. The lowest BCUT2D eigenvalue weighted by atomic mass is 10.1. The van der Waals surface area contributed by atoms with E-state index in [-0.39, 0.29) is 5.78 Å². The molecule has 0 bridgehead atoms. The number of esters is 1. The molecule has 5 nitrogen and oxygen atoms in total. The zero-order valence-electron chi connectivity index (χ0n) is 15.2. The summed E-state index contributed by atoms with van der Waals surface area (Å²) in [6.45, 7) is 7.29. The monoisotopic (exact) mass is 348 g/mol. The number of fused-ring (bicyclic) bond motifs is 1. The van der Waals surface area contributed by atoms with Crippen molar-refractivity contribution in [2.24, 2.45) is 0 Å². The van der Waals surface area contributed by atoms with Gasteiger partial charge >= 0.3 is 5.97 Å². The van der Waals surface area contributed by atoms with Crippen molar-refractivity contribution in [1.82, 2.24) is 9.97 Å². The van der Waals surface area contributed by atoms with E-state index in [1.54, 1.807) is 37.3 Å². The number of hydrogen-bond donors (Lipinski definition) is 0. The van der Waals surface area contributed by atoms with Gasteiger partial charge in [0.1, 0.15) is 0 Å². The molecule has 0 spiro atoms. The molecule has 0 aliphatic carbocycles. The number of carbonyl (C=O) groups is 2. The van der Waals surface area contributed by atoms with Crippen LogP contribution in [0.25, 0.3) is 11.0 Å². The molecule has 0 unspecified atom stereocenters. The molecule has 0 radical (unpaired) electrons. The van der Waals surface area contributed by atoms with Gasteiger partial charge in [-0.25, -0.2) is 14.8 Å². The first kappa shape index (κ1) is 17.7. The fourth-order valence-electron chi connectivity index (χ4n) is 2.59. The van der Waals surface area contributed by atoms with Crippen molar-refractivity contribution in [3.05, 3.63) is 70.5 Å². The van der Waals surface area contributed by atoms with Crippen molar-refractivity contribution >= 4 is 22.8 Å². The number of carbonyl (C=O) groups excluding carboxylic acids is 2. The molecule has 1 atom stereocenters. The molecule has 3 aromatic rings. The normalized spacial score (nSPS) is 12.0. The molecule has 0 N–H and O–H groups in total. The minimum absolute atomic E-state index is 0.231. The molecule has 0 saturated carbocycles. The molecule has 0 amide bonds. The van der Waals surface area contributed by atoms with Gasteiger partial charge in [-0.15, -0.1) is 0 Å². The second-order valence-corrected chi connectivity index (χ2v) is 6.38. The summed E-state index contributed by atoms with van der Waals surface area (Å²) in [7, 11) is 0. The van der Waals surface area contributed by atoms with Gasteiger partial charge in [0.15, 0.2) is 6.10 Å². The van der Waals surface area contributed by atoms with E-state index in [9.17, 15) is 9.59 Å². The van der Waals surface area contributed by atoms with Crippen LogP contribution in [0.5, 0.6) is 0 Å². The molecule has 0 saturated heterocycles. The van der Waals surface area contributed by atoms with Crippen molar-refractivity contribution in [2.75, 3.05) is 0 Å². The molecular weight excluding hydrogens is 328 g/mol. The topological polar surface area (TPSA) is 69.2 Å². The third kappa shape index (κ3) is 3.61. The Labute approximate surface area is 152 Å². The van der Waals surface area contributed by atoms with Crippen molar-refractivity contribution in [3.63, 3.8) is 0 Å². The predicted octanol–water partition coefficient (Wildman–Crippen LogP) is 3.98. The van der Waals surface area contributed by atoms with E-state index < -0.39 is 12.1 Å². The number of ketones is 1. The van der Waals surface area contributed by atoms with Crippen LogP contribution in [0.1, 0.15) is 44.6 Å². The summed E-state index contributed by atoms with van der Waals surface area (Å²) in [5, 5.41) is 0. The summed E-state index contributed by atoms with van der Waals surface area (Å²) >= 11 is 0. The first-order valence-electron chi connectivity index (χ1n) is 8.42. The van der Waals surface area contributed by atoms with Crippen LogP contribution in [0.15, 0.2) is 42.5 Å². The number of aryl methyl sites for hydroxylation is 3. The average Bonchev–Trinajstić information content (AvgIpc) is 2.62. The van der Waals surface area contributed by atoms with E-state index in [0.29, 0.717) is 22.2 Å². The van der Waals surface area contributed by atoms with E-state index in [0.717, 1.165) is 17.0 Å². The maximum Gasteiger partial charge on any atom is 0.338 e. The van der Waals surface area contributed by atoms with Crippen LogP contribution in [0.3, 0.4) is 0 Å². The van der Waals surface area contributed by atoms with Gasteiger partial charge in [-0.05, 0) is 45.9 Å². The molecule has 5 heteroatoms. The smallest absolute Gasteiger partial charge is 0.338 e. The lowest BCUT2D eigenvalue weighted by Crippen LogP contribution is -2.24. The SMILES string of the molecule is Cc1ccc(C(=O)[C@H](C)OC(=O)c2ccc3nc(C)c(C)nc3c2)cc1. The largest absolute Gasteiger partial charge is 0.451 e. The van der Waals surface area contributed by atoms with Crippen molar-refractivity contribution in [1.29, 1.82) is 0 Å². The maximum atomic E-state index is 12.4. The summed E-state index contributed by atoms with van der Waals surface area (Å²) in [6.07, 6.45) is -0.869. The second kappa shape index (κ2) is 7.04. The van der Waals surface area contributed by atoms with E-state index in [1.807, 2.05) is 32.9 Å². The van der Waals surface area contributed by atoms with Gasteiger partial charge in [0, 0.05) is 5.56 Å². The van der Waals surface area contributed by atoms with Gasteiger partial charge in [-0.3, -0.25) is 4.79 Å². The third-order valence-corrected chi connectivity index (χ3v) is 4.30. The number of rotatable bonds is 4. The minimum Gasteiger partial charge on any atom is -0.451 e. The average molecular weight is 348 g/mol. The van der Waals surface area contributed by atoms with Crippen LogP contribution in [0.2, 0.25) is 0 Å². The molecule has 3 rings (SSSR count). The highest BCUT2D eigenvalue weighted by Gasteiger charge is 2.20. The van der Waals surface area contributed by atoms with Crippen LogP contribution in [0, 0.1) is 20.8 Å². The zero-order chi connectivity index (χ0) is 18.8. The minimum atomic E-state index is -0.869. The van der Waals surface area contributed by atoms with Crippen LogP contribution in [0.4, 0.5) is 0 Å². The van der Waals surface area contributed by atoms with Crippen molar-refractivity contribution in [3.8, 4) is 0 Å². The zero-order valence-corrected chi connectivity index (χ0v) is 15.2. The Bertz CT molecular complexity index is 994. The van der Waals surface area contributed by atoms with Crippen LogP contribution >= 0.6 is 0 Å². The molecule has 2 aromatic carbocycles. The van der Waals surface area contributed by atoms with Gasteiger partial charge in [0.25, 0.3) is 0 Å². The fourth-order valence-corrected chi connectivity index (χ4v) is 2.59. The Balaban J connectivity index is 1.78. The first-order chi connectivity index (χ1) is 12.3.